The molecular formula is C13H14NO+. The fourth-order valence-electron chi connectivity index (χ4n) is 1.49. The first kappa shape index (κ1) is 9.87. The van der Waals surface area contributed by atoms with Gasteiger partial charge in [0.05, 0.1) is 6.61 Å². The molecular weight excluding hydrogens is 186 g/mol. The lowest BCUT2D eigenvalue weighted by Gasteiger charge is -1.98. The summed E-state index contributed by atoms with van der Waals surface area (Å²) in [6.45, 7) is 0.971. The second kappa shape index (κ2) is 4.71. The smallest absolute Gasteiger partial charge is 0.173 e. The normalized spacial score (nSPS) is 10.2. The molecule has 2 nitrogen and oxygen atoms in total. The standard InChI is InChI=1S/C13H14NO/c15-11-13-6-8-14(9-7-13)10-12-4-2-1-3-5-12/h1-9,15H,10-11H2/q+1. The Morgan fingerprint density at radius 3 is 2.13 bits per heavy atom. The first-order valence-electron chi connectivity index (χ1n) is 5.01. The Morgan fingerprint density at radius 2 is 1.53 bits per heavy atom. The Balaban J connectivity index is 2.11. The zero-order valence-electron chi connectivity index (χ0n) is 8.50. The summed E-state index contributed by atoms with van der Waals surface area (Å²) in [5.41, 5.74) is 2.22. The zero-order chi connectivity index (χ0) is 10.5. The van der Waals surface area contributed by atoms with Crippen molar-refractivity contribution < 1.29 is 9.67 Å². The predicted molar refractivity (Wildman–Crippen MR) is 58.1 cm³/mol. The van der Waals surface area contributed by atoms with Crippen molar-refractivity contribution in [1.29, 1.82) is 0 Å². The summed E-state index contributed by atoms with van der Waals surface area (Å²) in [6.07, 6.45) is 3.97. The van der Waals surface area contributed by atoms with E-state index in [0.29, 0.717) is 0 Å². The van der Waals surface area contributed by atoms with Crippen LogP contribution in [0.25, 0.3) is 0 Å². The van der Waals surface area contributed by atoms with E-state index >= 15 is 0 Å². The minimum absolute atomic E-state index is 0.103. The van der Waals surface area contributed by atoms with Gasteiger partial charge in [-0.05, 0) is 5.56 Å². The number of benzene rings is 1. The third-order valence-corrected chi connectivity index (χ3v) is 2.35. The molecule has 15 heavy (non-hydrogen) atoms. The highest BCUT2D eigenvalue weighted by Gasteiger charge is 2.01. The van der Waals surface area contributed by atoms with Crippen LogP contribution in [0.5, 0.6) is 0 Å². The molecule has 0 unspecified atom stereocenters. The van der Waals surface area contributed by atoms with Crippen molar-refractivity contribution in [3.8, 4) is 0 Å². The molecule has 2 rings (SSSR count). The van der Waals surface area contributed by atoms with Gasteiger partial charge < -0.3 is 5.11 Å². The van der Waals surface area contributed by atoms with E-state index in [4.69, 9.17) is 5.11 Å². The molecule has 1 aromatic heterocycles. The number of nitrogens with zero attached hydrogens (tertiary/aromatic N) is 1. The molecule has 76 valence electrons. The van der Waals surface area contributed by atoms with Gasteiger partial charge in [-0.3, -0.25) is 0 Å². The largest absolute Gasteiger partial charge is 0.392 e. The SMILES string of the molecule is OCc1cc[n+](Cc2ccccc2)cc1. The average Bonchev–Trinajstić information content (AvgIpc) is 2.31. The third kappa shape index (κ3) is 2.64. The summed E-state index contributed by atoms with van der Waals surface area (Å²) in [6, 6.07) is 14.2. The van der Waals surface area contributed by atoms with Crippen LogP contribution < -0.4 is 4.57 Å². The molecule has 0 aliphatic rings. The van der Waals surface area contributed by atoms with E-state index in [2.05, 4.69) is 16.7 Å². The summed E-state index contributed by atoms with van der Waals surface area (Å²) >= 11 is 0. The molecule has 0 aliphatic carbocycles. The molecule has 1 N–H and O–H groups in total. The number of hydrogen-bond acceptors (Lipinski definition) is 1. The van der Waals surface area contributed by atoms with Crippen LogP contribution in [0.15, 0.2) is 54.9 Å². The Labute approximate surface area is 89.4 Å². The summed E-state index contributed by atoms with van der Waals surface area (Å²) in [5, 5.41) is 8.91. The lowest BCUT2D eigenvalue weighted by atomic mass is 10.2. The Kier molecular flexibility index (Phi) is 3.10. The molecule has 0 saturated heterocycles. The highest BCUT2D eigenvalue weighted by atomic mass is 16.3. The van der Waals surface area contributed by atoms with Crippen LogP contribution in [0.3, 0.4) is 0 Å². The number of aliphatic hydroxyl groups excluding tert-OH is 1. The number of rotatable bonds is 3. The molecule has 0 radical (unpaired) electrons. The van der Waals surface area contributed by atoms with Crippen LogP contribution in [0.4, 0.5) is 0 Å². The van der Waals surface area contributed by atoms with Crippen molar-refractivity contribution in [2.75, 3.05) is 0 Å². The van der Waals surface area contributed by atoms with Crippen LogP contribution in [-0.4, -0.2) is 5.11 Å². The molecule has 0 atom stereocenters. The summed E-state index contributed by atoms with van der Waals surface area (Å²) in [5.74, 6) is 0. The predicted octanol–water partition coefficient (Wildman–Crippen LogP) is 1.51. The van der Waals surface area contributed by atoms with E-state index in [9.17, 15) is 0 Å². The second-order valence-electron chi connectivity index (χ2n) is 3.52. The highest BCUT2D eigenvalue weighted by Crippen LogP contribution is 1.98. The summed E-state index contributed by atoms with van der Waals surface area (Å²) in [4.78, 5) is 0. The first-order chi connectivity index (χ1) is 7.38. The van der Waals surface area contributed by atoms with Crippen LogP contribution in [0.1, 0.15) is 11.1 Å². The van der Waals surface area contributed by atoms with Gasteiger partial charge in [0.15, 0.2) is 18.9 Å². The minimum atomic E-state index is 0.103. The van der Waals surface area contributed by atoms with Crippen LogP contribution in [0, 0.1) is 0 Å². The van der Waals surface area contributed by atoms with Crippen molar-refractivity contribution in [3.63, 3.8) is 0 Å². The van der Waals surface area contributed by atoms with E-state index in [0.717, 1.165) is 12.1 Å². The van der Waals surface area contributed by atoms with Crippen molar-refractivity contribution in [3.05, 3.63) is 66.0 Å². The van der Waals surface area contributed by atoms with Gasteiger partial charge >= 0.3 is 0 Å². The molecule has 0 spiro atoms. The van der Waals surface area contributed by atoms with Crippen LogP contribution in [0.2, 0.25) is 0 Å². The van der Waals surface area contributed by atoms with Crippen LogP contribution >= 0.6 is 0 Å². The fraction of sp³-hybridized carbons (Fsp3) is 0.154. The van der Waals surface area contributed by atoms with Gasteiger partial charge in [-0.25, -0.2) is 4.57 Å². The second-order valence-corrected chi connectivity index (χ2v) is 3.52. The first-order valence-corrected chi connectivity index (χ1v) is 5.01. The Morgan fingerprint density at radius 1 is 0.867 bits per heavy atom. The van der Waals surface area contributed by atoms with Gasteiger partial charge in [-0.1, -0.05) is 30.3 Å². The quantitative estimate of drug-likeness (QED) is 0.746. The van der Waals surface area contributed by atoms with E-state index in [-0.39, 0.29) is 6.61 Å². The van der Waals surface area contributed by atoms with Crippen molar-refractivity contribution in [2.24, 2.45) is 0 Å². The van der Waals surface area contributed by atoms with Gasteiger partial charge in [0.2, 0.25) is 0 Å². The summed E-state index contributed by atoms with van der Waals surface area (Å²) in [7, 11) is 0. The molecule has 0 bridgehead atoms. The van der Waals surface area contributed by atoms with Crippen LogP contribution in [-0.2, 0) is 13.2 Å². The minimum Gasteiger partial charge on any atom is -0.392 e. The van der Waals surface area contributed by atoms with Gasteiger partial charge in [0.1, 0.15) is 0 Å². The van der Waals surface area contributed by atoms with Crippen molar-refractivity contribution in [2.45, 2.75) is 13.2 Å². The third-order valence-electron chi connectivity index (χ3n) is 2.35. The molecule has 0 amide bonds. The average molecular weight is 200 g/mol. The number of pyridine rings is 1. The van der Waals surface area contributed by atoms with E-state index in [1.165, 1.54) is 5.56 Å². The molecule has 2 aromatic rings. The molecule has 0 fully saturated rings. The maximum Gasteiger partial charge on any atom is 0.173 e. The highest BCUT2D eigenvalue weighted by molar-refractivity contribution is 5.13. The lowest BCUT2D eigenvalue weighted by Crippen LogP contribution is -2.33. The van der Waals surface area contributed by atoms with Gasteiger partial charge in [0, 0.05) is 17.7 Å². The molecule has 1 aromatic carbocycles. The molecule has 1 heterocycles. The monoisotopic (exact) mass is 200 g/mol. The van der Waals surface area contributed by atoms with Gasteiger partial charge in [-0.2, -0.15) is 0 Å². The van der Waals surface area contributed by atoms with Crippen molar-refractivity contribution >= 4 is 0 Å². The van der Waals surface area contributed by atoms with Gasteiger partial charge in [-0.15, -0.1) is 0 Å². The maximum atomic E-state index is 8.91. The number of aliphatic hydroxyl groups is 1. The molecule has 0 saturated carbocycles. The zero-order valence-corrected chi connectivity index (χ0v) is 8.50. The van der Waals surface area contributed by atoms with Gasteiger partial charge in [0.25, 0.3) is 0 Å². The molecule has 2 heteroatoms. The van der Waals surface area contributed by atoms with E-state index < -0.39 is 0 Å². The topological polar surface area (TPSA) is 24.1 Å². The lowest BCUT2D eigenvalue weighted by molar-refractivity contribution is -0.688. The maximum absolute atomic E-state index is 8.91. The van der Waals surface area contributed by atoms with E-state index in [1.807, 2.05) is 42.7 Å². The Bertz CT molecular complexity index is 408. The number of hydrogen-bond donors (Lipinski definition) is 1. The fourth-order valence-corrected chi connectivity index (χ4v) is 1.49. The van der Waals surface area contributed by atoms with Crippen molar-refractivity contribution in [1.82, 2.24) is 0 Å². The molecule has 0 aliphatic heterocycles. The number of aromatic nitrogens is 1. The summed E-state index contributed by atoms with van der Waals surface area (Å²) < 4.78 is 2.09. The Hall–Kier alpha value is -1.67. The van der Waals surface area contributed by atoms with E-state index in [1.54, 1.807) is 0 Å².